The molecule has 0 aliphatic heterocycles. The van der Waals surface area contributed by atoms with Crippen molar-refractivity contribution in [3.8, 4) is 0 Å². The molecule has 0 saturated heterocycles. The van der Waals surface area contributed by atoms with E-state index < -0.39 is 8.96 Å². The molecule has 0 fully saturated rings. The molecule has 0 unspecified atom stereocenters. The summed E-state index contributed by atoms with van der Waals surface area (Å²) in [6.07, 6.45) is 0. The second kappa shape index (κ2) is 12.4. The molecule has 0 amide bonds. The van der Waals surface area contributed by atoms with Crippen molar-refractivity contribution in [2.24, 2.45) is 0 Å². The van der Waals surface area contributed by atoms with Gasteiger partial charge in [0.1, 0.15) is 0 Å². The van der Waals surface area contributed by atoms with Crippen molar-refractivity contribution < 1.29 is 46.5 Å². The first-order chi connectivity index (χ1) is 7.54. The molecule has 0 atom stereocenters. The van der Waals surface area contributed by atoms with Gasteiger partial charge >= 0.3 is 21.7 Å². The van der Waals surface area contributed by atoms with Crippen molar-refractivity contribution in [2.45, 2.75) is 67.1 Å². The molecule has 1 aromatic rings. The molecule has 0 aliphatic rings. The number of aryl methyl sites for hydroxylation is 2. The Hall–Kier alpha value is 0.821. The Morgan fingerprint density at radius 2 is 1.15 bits per heavy atom. The molecule has 0 spiro atoms. The van der Waals surface area contributed by atoms with Crippen LogP contribution in [0.4, 0.5) is 0 Å². The maximum absolute atomic E-state index is 4.55. The van der Waals surface area contributed by atoms with Crippen molar-refractivity contribution in [1.29, 1.82) is 0 Å². The molecule has 0 bridgehead atoms. The summed E-state index contributed by atoms with van der Waals surface area (Å²) < 4.78 is 0. The van der Waals surface area contributed by atoms with Gasteiger partial charge in [0, 0.05) is 0 Å². The average molecular weight is 370 g/mol. The van der Waals surface area contributed by atoms with Gasteiger partial charge in [0.15, 0.2) is 0 Å². The van der Waals surface area contributed by atoms with Gasteiger partial charge < -0.3 is 29.8 Å². The van der Waals surface area contributed by atoms with E-state index >= 15 is 0 Å². The normalized spacial score (nSPS) is 9.70. The van der Waals surface area contributed by atoms with Crippen molar-refractivity contribution in [3.63, 3.8) is 0 Å². The fourth-order valence-electron chi connectivity index (χ4n) is 1.91. The predicted molar refractivity (Wildman–Crippen MR) is 83.0 cm³/mol. The largest absolute Gasteiger partial charge is 4.00 e. The van der Waals surface area contributed by atoms with Crippen LogP contribution < -0.4 is 24.8 Å². The van der Waals surface area contributed by atoms with Crippen LogP contribution in [0, 0.1) is 27.7 Å². The van der Waals surface area contributed by atoms with Crippen molar-refractivity contribution in [1.82, 2.24) is 0 Å². The quantitative estimate of drug-likeness (QED) is 0.435. The van der Waals surface area contributed by atoms with Gasteiger partial charge in [-0.15, -0.1) is 5.54 Å². The smallest absolute Gasteiger partial charge is 1.00 e. The number of halogens is 2. The van der Waals surface area contributed by atoms with E-state index in [0.717, 1.165) is 0 Å². The van der Waals surface area contributed by atoms with Crippen LogP contribution in [0.5, 0.6) is 0 Å². The summed E-state index contributed by atoms with van der Waals surface area (Å²) in [4.78, 5) is 4.55. The second-order valence-corrected chi connectivity index (χ2v) is 8.60. The zero-order valence-electron chi connectivity index (χ0n) is 14.4. The summed E-state index contributed by atoms with van der Waals surface area (Å²) in [5, 5.41) is 0. The monoisotopic (exact) mass is 369 g/mol. The van der Waals surface area contributed by atoms with Gasteiger partial charge in [0.2, 0.25) is 0 Å². The maximum atomic E-state index is 4.55. The zero-order chi connectivity index (χ0) is 13.8. The van der Waals surface area contributed by atoms with E-state index in [9.17, 15) is 0 Å². The van der Waals surface area contributed by atoms with Crippen LogP contribution >= 0.6 is 0 Å². The van der Waals surface area contributed by atoms with Gasteiger partial charge in [0.25, 0.3) is 0 Å². The summed E-state index contributed by atoms with van der Waals surface area (Å²) in [5.74, 6) is 0. The second-order valence-electron chi connectivity index (χ2n) is 6.15. The minimum absolute atomic E-state index is 0. The first-order valence-electron chi connectivity index (χ1n) is 6.46. The third kappa shape index (κ3) is 12.6. The predicted octanol–water partition coefficient (Wildman–Crippen LogP) is -1.21. The Kier molecular flexibility index (Phi) is 17.9. The van der Waals surface area contributed by atoms with Crippen LogP contribution in [-0.2, 0) is 21.7 Å². The molecule has 0 aromatic heterocycles. The van der Waals surface area contributed by atoms with Crippen LogP contribution in [-0.4, -0.2) is 14.5 Å². The number of hydrogen-bond donors (Lipinski definition) is 0. The number of nitrogens with zero attached hydrogens (tertiary/aromatic N) is 1. The minimum atomic E-state index is -0.671. The van der Waals surface area contributed by atoms with Crippen LogP contribution in [0.15, 0.2) is 6.07 Å². The van der Waals surface area contributed by atoms with Crippen LogP contribution in [0.3, 0.4) is 0 Å². The average Bonchev–Trinajstić information content (AvgIpc) is 2.30. The standard InChI is InChI=1S/C9H13.C6H16NSi.2ClH.Ti/c1-6-5-7(2)9(4)8(6)3;1-6(2,3)7-8(4)5;;;/h5H,1-4H3;8H,1-5H3;2*1H;/q2*-1;;;+4/p-2. The van der Waals surface area contributed by atoms with Gasteiger partial charge in [-0.2, -0.15) is 28.3 Å². The molecule has 1 rings (SSSR count). The van der Waals surface area contributed by atoms with Crippen molar-refractivity contribution in [2.75, 3.05) is 0 Å². The molecule has 0 N–H and O–H groups in total. The maximum Gasteiger partial charge on any atom is 4.00 e. The van der Waals surface area contributed by atoms with Crippen molar-refractivity contribution >= 4 is 8.96 Å². The molecule has 0 saturated carbocycles. The Morgan fingerprint density at radius 1 is 0.850 bits per heavy atom. The van der Waals surface area contributed by atoms with E-state index in [1.54, 1.807) is 0 Å². The molecule has 5 heteroatoms. The molecule has 20 heavy (non-hydrogen) atoms. The van der Waals surface area contributed by atoms with Gasteiger partial charge in [-0.1, -0.05) is 70.5 Å². The van der Waals surface area contributed by atoms with Crippen LogP contribution in [0.25, 0.3) is 4.98 Å². The summed E-state index contributed by atoms with van der Waals surface area (Å²) in [6.45, 7) is 19.6. The minimum Gasteiger partial charge on any atom is -1.00 e. The summed E-state index contributed by atoms with van der Waals surface area (Å²) >= 11 is 0. The first kappa shape index (κ1) is 28.9. The molecular weight excluding hydrogens is 341 g/mol. The summed E-state index contributed by atoms with van der Waals surface area (Å²) in [7, 11) is -0.671. The third-order valence-electron chi connectivity index (χ3n) is 2.82. The van der Waals surface area contributed by atoms with Crippen molar-refractivity contribution in [3.05, 3.63) is 33.3 Å². The summed E-state index contributed by atoms with van der Waals surface area (Å²) in [6, 6.07) is 2.24. The van der Waals surface area contributed by atoms with Gasteiger partial charge in [-0.25, -0.2) is 0 Å². The van der Waals surface area contributed by atoms with E-state index in [1.165, 1.54) is 22.3 Å². The van der Waals surface area contributed by atoms with E-state index in [2.05, 4.69) is 72.6 Å². The Bertz CT molecular complexity index is 335. The Morgan fingerprint density at radius 3 is 1.20 bits per heavy atom. The molecule has 1 aromatic carbocycles. The molecule has 0 radical (unpaired) electrons. The summed E-state index contributed by atoms with van der Waals surface area (Å²) in [5.41, 5.74) is 5.95. The molecule has 0 aliphatic carbocycles. The molecular formula is C15H29Cl2NSiTi. The fraction of sp³-hybridized carbons (Fsp3) is 0.667. The number of rotatable bonds is 1. The van der Waals surface area contributed by atoms with Gasteiger partial charge in [-0.3, -0.25) is 0 Å². The van der Waals surface area contributed by atoms with Gasteiger partial charge in [-0.05, 0) is 0 Å². The Balaban J connectivity index is -0.000000112. The molecule has 1 nitrogen and oxygen atoms in total. The number of hydrogen-bond acceptors (Lipinski definition) is 0. The fourth-order valence-corrected chi connectivity index (χ4v) is 3.46. The molecule has 116 valence electrons. The SMILES string of the molecule is C[SiH](C)[N-]C(C)(C)C.Cc1[cH-]c(C)c(C)c1C.[Cl-].[Cl-].[Ti+4]. The Labute approximate surface area is 155 Å². The van der Waals surface area contributed by atoms with Crippen LogP contribution in [0.1, 0.15) is 43.0 Å². The van der Waals surface area contributed by atoms with E-state index in [0.29, 0.717) is 0 Å². The zero-order valence-corrected chi connectivity index (χ0v) is 18.6. The van der Waals surface area contributed by atoms with E-state index in [-0.39, 0.29) is 52.1 Å². The topological polar surface area (TPSA) is 14.1 Å². The van der Waals surface area contributed by atoms with Gasteiger partial charge in [0.05, 0.1) is 0 Å². The van der Waals surface area contributed by atoms with E-state index in [4.69, 9.17) is 0 Å². The van der Waals surface area contributed by atoms with E-state index in [1.807, 2.05) is 0 Å². The third-order valence-corrected chi connectivity index (χ3v) is 4.12. The van der Waals surface area contributed by atoms with Crippen LogP contribution in [0.2, 0.25) is 13.1 Å². The molecule has 0 heterocycles. The first-order valence-corrected chi connectivity index (χ1v) is 9.29.